The van der Waals surface area contributed by atoms with E-state index in [1.54, 1.807) is 37.7 Å². The molecule has 0 amide bonds. The minimum atomic E-state index is -0.394. The minimum absolute atomic E-state index is 0.394. The van der Waals surface area contributed by atoms with Gasteiger partial charge in [0.1, 0.15) is 5.75 Å². The second kappa shape index (κ2) is 5.48. The first kappa shape index (κ1) is 13.0. The molecule has 2 aromatic rings. The monoisotopic (exact) mass is 258 g/mol. The summed E-state index contributed by atoms with van der Waals surface area (Å²) in [5.41, 5.74) is 2.55. The lowest BCUT2D eigenvalue weighted by Crippen LogP contribution is -2.03. The van der Waals surface area contributed by atoms with Crippen LogP contribution in [0.1, 0.15) is 16.1 Å². The van der Waals surface area contributed by atoms with Crippen molar-refractivity contribution in [1.29, 1.82) is 0 Å². The van der Waals surface area contributed by atoms with E-state index in [1.165, 1.54) is 7.11 Å². The van der Waals surface area contributed by atoms with Gasteiger partial charge < -0.3 is 9.47 Å². The summed E-state index contributed by atoms with van der Waals surface area (Å²) in [5.74, 6) is 0.263. The highest BCUT2D eigenvalue weighted by Crippen LogP contribution is 2.28. The average Bonchev–Trinajstić information content (AvgIpc) is 2.45. The quantitative estimate of drug-likeness (QED) is 0.790. The Labute approximate surface area is 111 Å². The Morgan fingerprint density at radius 1 is 1.26 bits per heavy atom. The van der Waals surface area contributed by atoms with Crippen LogP contribution >= 0.6 is 0 Å². The van der Waals surface area contributed by atoms with Crippen LogP contribution in [0.4, 0.5) is 0 Å². The first-order chi connectivity index (χ1) is 9.15. The molecule has 0 unspecified atom stereocenters. The number of nitrogens with zero attached hydrogens (tertiary/aromatic N) is 2. The van der Waals surface area contributed by atoms with E-state index in [1.807, 2.05) is 6.92 Å². The number of pyridine rings is 2. The van der Waals surface area contributed by atoms with Crippen LogP contribution in [-0.2, 0) is 4.74 Å². The number of carbonyl (C=O) groups excluding carboxylic acids is 1. The van der Waals surface area contributed by atoms with Crippen LogP contribution < -0.4 is 4.74 Å². The van der Waals surface area contributed by atoms with Gasteiger partial charge in [0.15, 0.2) is 0 Å². The van der Waals surface area contributed by atoms with Crippen LogP contribution in [0.5, 0.6) is 5.75 Å². The van der Waals surface area contributed by atoms with Gasteiger partial charge >= 0.3 is 5.97 Å². The van der Waals surface area contributed by atoms with Crippen LogP contribution in [0.25, 0.3) is 11.3 Å². The fourth-order valence-electron chi connectivity index (χ4n) is 1.79. The highest BCUT2D eigenvalue weighted by molar-refractivity contribution is 5.90. The zero-order valence-corrected chi connectivity index (χ0v) is 11.0. The highest BCUT2D eigenvalue weighted by Gasteiger charge is 2.12. The molecule has 0 N–H and O–H groups in total. The van der Waals surface area contributed by atoms with Gasteiger partial charge in [-0.25, -0.2) is 4.79 Å². The van der Waals surface area contributed by atoms with E-state index in [4.69, 9.17) is 9.47 Å². The molecule has 0 aliphatic heterocycles. The SMILES string of the molecule is COC(=O)c1cc(C)nc(-c2cnccc2OC)c1. The van der Waals surface area contributed by atoms with Crippen molar-refractivity contribution in [1.82, 2.24) is 9.97 Å². The Kier molecular flexibility index (Phi) is 3.75. The molecule has 0 atom stereocenters. The molecule has 5 nitrogen and oxygen atoms in total. The van der Waals surface area contributed by atoms with Crippen LogP contribution in [0.2, 0.25) is 0 Å². The van der Waals surface area contributed by atoms with E-state index >= 15 is 0 Å². The number of carbonyl (C=O) groups is 1. The van der Waals surface area contributed by atoms with Crippen LogP contribution in [-0.4, -0.2) is 30.2 Å². The summed E-state index contributed by atoms with van der Waals surface area (Å²) in [5, 5.41) is 0. The molecular formula is C14H14N2O3. The van der Waals surface area contributed by atoms with Gasteiger partial charge in [-0.15, -0.1) is 0 Å². The van der Waals surface area contributed by atoms with Gasteiger partial charge in [0.25, 0.3) is 0 Å². The number of aromatic nitrogens is 2. The molecule has 2 heterocycles. The third kappa shape index (κ3) is 2.70. The summed E-state index contributed by atoms with van der Waals surface area (Å²) in [4.78, 5) is 20.1. The van der Waals surface area contributed by atoms with E-state index in [0.29, 0.717) is 17.0 Å². The van der Waals surface area contributed by atoms with Crippen molar-refractivity contribution in [3.8, 4) is 17.0 Å². The molecule has 5 heteroatoms. The van der Waals surface area contributed by atoms with Crippen molar-refractivity contribution in [2.75, 3.05) is 14.2 Å². The second-order valence-corrected chi connectivity index (χ2v) is 3.95. The van der Waals surface area contributed by atoms with E-state index < -0.39 is 5.97 Å². The largest absolute Gasteiger partial charge is 0.496 e. The fourth-order valence-corrected chi connectivity index (χ4v) is 1.79. The summed E-state index contributed by atoms with van der Waals surface area (Å²) < 4.78 is 10.00. The topological polar surface area (TPSA) is 61.3 Å². The van der Waals surface area contributed by atoms with Crippen molar-refractivity contribution >= 4 is 5.97 Å². The highest BCUT2D eigenvalue weighted by atomic mass is 16.5. The van der Waals surface area contributed by atoms with Gasteiger partial charge in [-0.1, -0.05) is 0 Å². The van der Waals surface area contributed by atoms with E-state index in [9.17, 15) is 4.79 Å². The number of rotatable bonds is 3. The van der Waals surface area contributed by atoms with Gasteiger partial charge in [0.2, 0.25) is 0 Å². The Morgan fingerprint density at radius 2 is 2.05 bits per heavy atom. The number of hydrogen-bond donors (Lipinski definition) is 0. The van der Waals surface area contributed by atoms with Crippen molar-refractivity contribution in [3.05, 3.63) is 41.9 Å². The van der Waals surface area contributed by atoms with Crippen LogP contribution in [0, 0.1) is 6.92 Å². The zero-order chi connectivity index (χ0) is 13.8. The number of ether oxygens (including phenoxy) is 2. The minimum Gasteiger partial charge on any atom is -0.496 e. The smallest absolute Gasteiger partial charge is 0.337 e. The molecule has 0 spiro atoms. The molecule has 19 heavy (non-hydrogen) atoms. The maximum absolute atomic E-state index is 11.6. The molecule has 0 bridgehead atoms. The second-order valence-electron chi connectivity index (χ2n) is 3.95. The molecule has 98 valence electrons. The molecule has 2 aromatic heterocycles. The fraction of sp³-hybridized carbons (Fsp3) is 0.214. The first-order valence-corrected chi connectivity index (χ1v) is 5.71. The number of methoxy groups -OCH3 is 2. The lowest BCUT2D eigenvalue weighted by Gasteiger charge is -2.09. The van der Waals surface area contributed by atoms with Crippen molar-refractivity contribution < 1.29 is 14.3 Å². The summed E-state index contributed by atoms with van der Waals surface area (Å²) in [6.07, 6.45) is 3.29. The molecule has 0 saturated carbocycles. The Morgan fingerprint density at radius 3 is 2.74 bits per heavy atom. The predicted molar refractivity (Wildman–Crippen MR) is 70.1 cm³/mol. The Bertz CT molecular complexity index is 611. The summed E-state index contributed by atoms with van der Waals surface area (Å²) in [6, 6.07) is 5.09. The summed E-state index contributed by atoms with van der Waals surface area (Å²) in [7, 11) is 2.93. The predicted octanol–water partition coefficient (Wildman–Crippen LogP) is 2.25. The lowest BCUT2D eigenvalue weighted by atomic mass is 10.1. The lowest BCUT2D eigenvalue weighted by molar-refractivity contribution is 0.0600. The first-order valence-electron chi connectivity index (χ1n) is 5.71. The third-order valence-electron chi connectivity index (χ3n) is 2.65. The average molecular weight is 258 g/mol. The maximum Gasteiger partial charge on any atom is 0.337 e. The number of esters is 1. The zero-order valence-electron chi connectivity index (χ0n) is 11.0. The van der Waals surface area contributed by atoms with Gasteiger partial charge in [-0.2, -0.15) is 0 Å². The molecule has 0 saturated heterocycles. The normalized spacial score (nSPS) is 10.1. The van der Waals surface area contributed by atoms with Crippen LogP contribution in [0.3, 0.4) is 0 Å². The van der Waals surface area contributed by atoms with E-state index in [2.05, 4.69) is 9.97 Å². The molecule has 0 radical (unpaired) electrons. The molecule has 0 fully saturated rings. The Hall–Kier alpha value is -2.43. The summed E-state index contributed by atoms with van der Waals surface area (Å²) >= 11 is 0. The third-order valence-corrected chi connectivity index (χ3v) is 2.65. The maximum atomic E-state index is 11.6. The Balaban J connectivity index is 2.56. The standard InChI is InChI=1S/C14H14N2O3/c1-9-6-10(14(17)19-3)7-12(16-9)11-8-15-5-4-13(11)18-2/h4-8H,1-3H3. The van der Waals surface area contributed by atoms with Gasteiger partial charge in [0.05, 0.1) is 31.0 Å². The van der Waals surface area contributed by atoms with Crippen LogP contribution in [0.15, 0.2) is 30.6 Å². The molecule has 0 aromatic carbocycles. The molecule has 0 aliphatic rings. The molecule has 0 aliphatic carbocycles. The molecule has 2 rings (SSSR count). The van der Waals surface area contributed by atoms with E-state index in [0.717, 1.165) is 11.3 Å². The van der Waals surface area contributed by atoms with Crippen molar-refractivity contribution in [2.45, 2.75) is 6.92 Å². The van der Waals surface area contributed by atoms with Crippen molar-refractivity contribution in [2.24, 2.45) is 0 Å². The van der Waals surface area contributed by atoms with Crippen molar-refractivity contribution in [3.63, 3.8) is 0 Å². The summed E-state index contributed by atoms with van der Waals surface area (Å²) in [6.45, 7) is 1.82. The van der Waals surface area contributed by atoms with Gasteiger partial charge in [-0.05, 0) is 25.1 Å². The number of hydrogen-bond acceptors (Lipinski definition) is 5. The molecular weight excluding hydrogens is 244 g/mol. The van der Waals surface area contributed by atoms with Gasteiger partial charge in [0, 0.05) is 18.1 Å². The van der Waals surface area contributed by atoms with E-state index in [-0.39, 0.29) is 0 Å². The number of aryl methyl sites for hydroxylation is 1. The van der Waals surface area contributed by atoms with Gasteiger partial charge in [-0.3, -0.25) is 9.97 Å².